The van der Waals surface area contributed by atoms with E-state index in [1.54, 1.807) is 6.07 Å². The van der Waals surface area contributed by atoms with Crippen molar-refractivity contribution in [2.45, 2.75) is 57.4 Å². The van der Waals surface area contributed by atoms with Gasteiger partial charge in [-0.05, 0) is 62.3 Å². The minimum atomic E-state index is -0.255. The fourth-order valence-corrected chi connectivity index (χ4v) is 2.89. The van der Waals surface area contributed by atoms with Gasteiger partial charge in [0.2, 0.25) is 0 Å². The number of rotatable bonds is 6. The lowest BCUT2D eigenvalue weighted by atomic mass is 9.97. The Morgan fingerprint density at radius 3 is 2.58 bits per heavy atom. The van der Waals surface area contributed by atoms with E-state index in [0.29, 0.717) is 5.54 Å². The van der Waals surface area contributed by atoms with E-state index in [1.807, 2.05) is 27.0 Å². The molecule has 0 heterocycles. The molecule has 106 valence electrons. The summed E-state index contributed by atoms with van der Waals surface area (Å²) in [5.41, 5.74) is 2.28. The average molecular weight is 284 g/mol. The van der Waals surface area contributed by atoms with Crippen molar-refractivity contribution in [3.63, 3.8) is 0 Å². The van der Waals surface area contributed by atoms with E-state index < -0.39 is 0 Å². The Hall–Kier alpha value is -0.600. The Bertz CT molecular complexity index is 452. The summed E-state index contributed by atoms with van der Waals surface area (Å²) in [4.78, 5) is 0. The van der Waals surface area contributed by atoms with Crippen molar-refractivity contribution in [2.24, 2.45) is 0 Å². The molecule has 1 aromatic carbocycles. The summed E-state index contributed by atoms with van der Waals surface area (Å²) in [5, 5.41) is 3.66. The molecule has 1 saturated carbocycles. The molecular weight excluding hydrogens is 261 g/mol. The van der Waals surface area contributed by atoms with Gasteiger partial charge in [-0.2, -0.15) is 0 Å². The molecule has 0 radical (unpaired) electrons. The monoisotopic (exact) mass is 283 g/mol. The van der Waals surface area contributed by atoms with Gasteiger partial charge in [-0.25, -0.2) is 4.39 Å². The zero-order valence-corrected chi connectivity index (χ0v) is 12.8. The van der Waals surface area contributed by atoms with E-state index in [4.69, 9.17) is 11.6 Å². The van der Waals surface area contributed by atoms with Crippen LogP contribution in [0.3, 0.4) is 0 Å². The molecule has 1 N–H and O–H groups in total. The third kappa shape index (κ3) is 3.49. The van der Waals surface area contributed by atoms with Crippen molar-refractivity contribution in [3.05, 3.63) is 34.1 Å². The molecule has 3 heteroatoms. The first-order valence-electron chi connectivity index (χ1n) is 7.14. The molecule has 0 saturated heterocycles. The normalized spacial score (nSPS) is 16.9. The van der Waals surface area contributed by atoms with Crippen LogP contribution in [0.5, 0.6) is 0 Å². The predicted molar refractivity (Wildman–Crippen MR) is 79.5 cm³/mol. The third-order valence-electron chi connectivity index (χ3n) is 4.24. The molecular formula is C16H23ClFN. The van der Waals surface area contributed by atoms with Gasteiger partial charge in [0.25, 0.3) is 0 Å². The van der Waals surface area contributed by atoms with Crippen LogP contribution in [-0.4, -0.2) is 12.6 Å². The zero-order valence-electron chi connectivity index (χ0n) is 12.0. The van der Waals surface area contributed by atoms with E-state index in [9.17, 15) is 4.39 Å². The van der Waals surface area contributed by atoms with E-state index in [0.717, 1.165) is 24.0 Å². The summed E-state index contributed by atoms with van der Waals surface area (Å²) in [6, 6.07) is 3.76. The first kappa shape index (κ1) is 14.8. The second-order valence-electron chi connectivity index (χ2n) is 6.02. The fourth-order valence-electron chi connectivity index (χ4n) is 2.64. The van der Waals surface area contributed by atoms with Crippen molar-refractivity contribution in [2.75, 3.05) is 7.05 Å². The SMILES string of the molecule is CNC1(CCCc2cc(Cl)c(F)c(C(C)C)c2)CC1. The van der Waals surface area contributed by atoms with Gasteiger partial charge in [0, 0.05) is 5.54 Å². The highest BCUT2D eigenvalue weighted by atomic mass is 35.5. The lowest BCUT2D eigenvalue weighted by Gasteiger charge is -2.15. The largest absolute Gasteiger partial charge is 0.314 e. The maximum atomic E-state index is 13.9. The van der Waals surface area contributed by atoms with Crippen LogP contribution in [0, 0.1) is 5.82 Å². The topological polar surface area (TPSA) is 12.0 Å². The average Bonchev–Trinajstić information content (AvgIpc) is 3.13. The van der Waals surface area contributed by atoms with Crippen molar-refractivity contribution < 1.29 is 4.39 Å². The molecule has 0 unspecified atom stereocenters. The molecule has 1 aromatic rings. The Morgan fingerprint density at radius 2 is 2.05 bits per heavy atom. The summed E-state index contributed by atoms with van der Waals surface area (Å²) >= 11 is 5.98. The maximum Gasteiger partial charge on any atom is 0.145 e. The Labute approximate surface area is 120 Å². The number of aryl methyl sites for hydroxylation is 1. The summed E-state index contributed by atoms with van der Waals surface area (Å²) < 4.78 is 13.9. The predicted octanol–water partition coefficient (Wildman–Crippen LogP) is 4.68. The van der Waals surface area contributed by atoms with Crippen LogP contribution in [0.1, 0.15) is 56.6 Å². The molecule has 0 atom stereocenters. The number of hydrogen-bond acceptors (Lipinski definition) is 1. The zero-order chi connectivity index (χ0) is 14.0. The quantitative estimate of drug-likeness (QED) is 0.799. The second kappa shape index (κ2) is 5.80. The summed E-state index contributed by atoms with van der Waals surface area (Å²) in [6.07, 6.45) is 5.86. The summed E-state index contributed by atoms with van der Waals surface area (Å²) in [6.45, 7) is 4.00. The lowest BCUT2D eigenvalue weighted by Crippen LogP contribution is -2.26. The number of benzene rings is 1. The van der Waals surface area contributed by atoms with Crippen molar-refractivity contribution in [3.8, 4) is 0 Å². The molecule has 1 nitrogen and oxygen atoms in total. The highest BCUT2D eigenvalue weighted by Gasteiger charge is 2.39. The molecule has 0 amide bonds. The van der Waals surface area contributed by atoms with Gasteiger partial charge in [0.1, 0.15) is 5.82 Å². The molecule has 0 spiro atoms. The van der Waals surface area contributed by atoms with Gasteiger partial charge in [-0.1, -0.05) is 31.5 Å². The molecule has 1 aliphatic rings. The molecule has 1 fully saturated rings. The van der Waals surface area contributed by atoms with Crippen molar-refractivity contribution in [1.29, 1.82) is 0 Å². The minimum Gasteiger partial charge on any atom is -0.314 e. The van der Waals surface area contributed by atoms with Crippen LogP contribution in [0.15, 0.2) is 12.1 Å². The lowest BCUT2D eigenvalue weighted by molar-refractivity contribution is 0.490. The third-order valence-corrected chi connectivity index (χ3v) is 4.52. The number of halogens is 2. The maximum absolute atomic E-state index is 13.9. The van der Waals surface area contributed by atoms with Gasteiger partial charge in [-0.3, -0.25) is 0 Å². The second-order valence-corrected chi connectivity index (χ2v) is 6.43. The van der Waals surface area contributed by atoms with Crippen LogP contribution in [0.4, 0.5) is 4.39 Å². The van der Waals surface area contributed by atoms with Crippen molar-refractivity contribution in [1.82, 2.24) is 5.32 Å². The minimum absolute atomic E-state index is 0.171. The Morgan fingerprint density at radius 1 is 1.37 bits per heavy atom. The number of hydrogen-bond donors (Lipinski definition) is 1. The van der Waals surface area contributed by atoms with Crippen LogP contribution in [-0.2, 0) is 6.42 Å². The van der Waals surface area contributed by atoms with Gasteiger partial charge >= 0.3 is 0 Å². The first-order chi connectivity index (χ1) is 8.97. The van der Waals surface area contributed by atoms with E-state index in [1.165, 1.54) is 19.3 Å². The van der Waals surface area contributed by atoms with E-state index in [2.05, 4.69) is 5.32 Å². The van der Waals surface area contributed by atoms with E-state index >= 15 is 0 Å². The summed E-state index contributed by atoms with van der Waals surface area (Å²) in [5.74, 6) is -0.0844. The highest BCUT2D eigenvalue weighted by molar-refractivity contribution is 6.30. The Kier molecular flexibility index (Phi) is 4.52. The van der Waals surface area contributed by atoms with Crippen LogP contribution in [0.25, 0.3) is 0 Å². The highest BCUT2D eigenvalue weighted by Crippen LogP contribution is 2.39. The standard InChI is InChI=1S/C16H23ClFN/c1-11(2)13-9-12(10-14(17)15(13)18)5-4-6-16(19-3)7-8-16/h9-11,19H,4-8H2,1-3H3. The van der Waals surface area contributed by atoms with Gasteiger partial charge in [0.15, 0.2) is 0 Å². The number of nitrogens with one attached hydrogen (secondary N) is 1. The molecule has 0 bridgehead atoms. The van der Waals surface area contributed by atoms with Crippen LogP contribution >= 0.6 is 11.6 Å². The Balaban J connectivity index is 2.00. The molecule has 0 aliphatic heterocycles. The van der Waals surface area contributed by atoms with Crippen LogP contribution < -0.4 is 5.32 Å². The van der Waals surface area contributed by atoms with Crippen molar-refractivity contribution >= 4 is 11.6 Å². The first-order valence-corrected chi connectivity index (χ1v) is 7.52. The molecule has 1 aliphatic carbocycles. The smallest absolute Gasteiger partial charge is 0.145 e. The van der Waals surface area contributed by atoms with Gasteiger partial charge in [0.05, 0.1) is 5.02 Å². The van der Waals surface area contributed by atoms with Gasteiger partial charge in [-0.15, -0.1) is 0 Å². The van der Waals surface area contributed by atoms with Crippen LogP contribution in [0.2, 0.25) is 5.02 Å². The van der Waals surface area contributed by atoms with Gasteiger partial charge < -0.3 is 5.32 Å². The summed E-state index contributed by atoms with van der Waals surface area (Å²) in [7, 11) is 2.04. The molecule has 19 heavy (non-hydrogen) atoms. The fraction of sp³-hybridized carbons (Fsp3) is 0.625. The molecule has 0 aromatic heterocycles. The van der Waals surface area contributed by atoms with E-state index in [-0.39, 0.29) is 16.8 Å². The molecule has 2 rings (SSSR count).